The van der Waals surface area contributed by atoms with Crippen molar-refractivity contribution in [1.29, 1.82) is 0 Å². The maximum absolute atomic E-state index is 13.0. The molecule has 0 radical (unpaired) electrons. The van der Waals surface area contributed by atoms with Crippen molar-refractivity contribution < 1.29 is 23.0 Å². The van der Waals surface area contributed by atoms with Crippen LogP contribution in [0, 0.1) is 0 Å². The molecule has 3 nitrogen and oxygen atoms in total. The first-order chi connectivity index (χ1) is 9.45. The van der Waals surface area contributed by atoms with Crippen LogP contribution in [-0.2, 0) is 12.8 Å². The Hall–Kier alpha value is -2.08. The zero-order valence-electron chi connectivity index (χ0n) is 10.6. The van der Waals surface area contributed by atoms with E-state index < -0.39 is 11.7 Å². The highest BCUT2D eigenvalue weighted by atomic mass is 19.4. The largest absolute Gasteiger partial charge is 0.481 e. The molecule has 0 unspecified atom stereocenters. The molecule has 0 spiro atoms. The van der Waals surface area contributed by atoms with E-state index in [4.69, 9.17) is 9.84 Å². The van der Waals surface area contributed by atoms with Crippen LogP contribution in [0.15, 0.2) is 36.5 Å². The van der Waals surface area contributed by atoms with Crippen LogP contribution in [0.2, 0.25) is 0 Å². The maximum atomic E-state index is 13.0. The van der Waals surface area contributed by atoms with Crippen LogP contribution in [0.5, 0.6) is 5.88 Å². The molecule has 1 aromatic heterocycles. The lowest BCUT2D eigenvalue weighted by Crippen LogP contribution is -2.08. The zero-order chi connectivity index (χ0) is 14.8. The van der Waals surface area contributed by atoms with Crippen molar-refractivity contribution in [1.82, 2.24) is 4.98 Å². The number of nitrogens with zero attached hydrogens (tertiary/aromatic N) is 1. The second-order valence-electron chi connectivity index (χ2n) is 4.13. The Morgan fingerprint density at radius 2 is 1.95 bits per heavy atom. The van der Waals surface area contributed by atoms with Crippen LogP contribution >= 0.6 is 0 Å². The lowest BCUT2D eigenvalue weighted by molar-refractivity contribution is -0.137. The summed E-state index contributed by atoms with van der Waals surface area (Å²) in [6.45, 7) is -0.325. The van der Waals surface area contributed by atoms with E-state index >= 15 is 0 Å². The smallest absolute Gasteiger partial charge is 0.417 e. The van der Waals surface area contributed by atoms with E-state index in [9.17, 15) is 13.2 Å². The van der Waals surface area contributed by atoms with Crippen molar-refractivity contribution in [3.05, 3.63) is 47.7 Å². The number of hydrogen-bond donors (Lipinski definition) is 1. The topological polar surface area (TPSA) is 42.4 Å². The molecule has 0 aliphatic carbocycles. The van der Waals surface area contributed by atoms with Gasteiger partial charge >= 0.3 is 6.18 Å². The molecule has 6 heteroatoms. The summed E-state index contributed by atoms with van der Waals surface area (Å²) in [4.78, 5) is 3.90. The lowest BCUT2D eigenvalue weighted by Gasteiger charge is -2.14. The van der Waals surface area contributed by atoms with Gasteiger partial charge in [0.2, 0.25) is 5.88 Å². The van der Waals surface area contributed by atoms with Crippen molar-refractivity contribution >= 4 is 0 Å². The van der Waals surface area contributed by atoms with E-state index in [-0.39, 0.29) is 12.2 Å². The van der Waals surface area contributed by atoms with E-state index in [2.05, 4.69) is 4.98 Å². The molecule has 2 rings (SSSR count). The highest BCUT2D eigenvalue weighted by molar-refractivity contribution is 5.68. The molecule has 0 amide bonds. The van der Waals surface area contributed by atoms with Gasteiger partial charge in [-0.05, 0) is 29.3 Å². The molecular weight excluding hydrogens is 271 g/mol. The minimum Gasteiger partial charge on any atom is -0.481 e. The van der Waals surface area contributed by atoms with Crippen LogP contribution in [-0.4, -0.2) is 17.2 Å². The first kappa shape index (κ1) is 14.3. The number of halogens is 3. The second-order valence-corrected chi connectivity index (χ2v) is 4.13. The van der Waals surface area contributed by atoms with Gasteiger partial charge in [0, 0.05) is 17.8 Å². The molecule has 1 N–H and O–H groups in total. The van der Waals surface area contributed by atoms with Gasteiger partial charge in [-0.1, -0.05) is 6.07 Å². The van der Waals surface area contributed by atoms with Crippen LogP contribution in [0.3, 0.4) is 0 Å². The molecule has 0 bridgehead atoms. The standard InChI is InChI=1S/C14H12F3NO2/c1-20-13-5-3-10(7-18-13)11-6-9(8-19)2-4-12(11)14(15,16)17/h2-7,19H,8H2,1H3. The summed E-state index contributed by atoms with van der Waals surface area (Å²) in [5, 5.41) is 9.07. The highest BCUT2D eigenvalue weighted by Gasteiger charge is 2.33. The normalized spacial score (nSPS) is 11.4. The first-order valence-corrected chi connectivity index (χ1v) is 5.77. The summed E-state index contributed by atoms with van der Waals surface area (Å²) < 4.78 is 43.9. The lowest BCUT2D eigenvalue weighted by atomic mass is 9.98. The summed E-state index contributed by atoms with van der Waals surface area (Å²) in [5.74, 6) is 0.320. The Bertz CT molecular complexity index is 594. The van der Waals surface area contributed by atoms with Gasteiger partial charge in [0.25, 0.3) is 0 Å². The van der Waals surface area contributed by atoms with Gasteiger partial charge in [-0.3, -0.25) is 0 Å². The summed E-state index contributed by atoms with van der Waals surface area (Å²) in [6, 6.07) is 6.51. The third-order valence-corrected chi connectivity index (χ3v) is 2.83. The van der Waals surface area contributed by atoms with Crippen molar-refractivity contribution in [2.45, 2.75) is 12.8 Å². The molecule has 0 fully saturated rings. The summed E-state index contributed by atoms with van der Waals surface area (Å²) in [7, 11) is 1.43. The Balaban J connectivity index is 2.56. The molecule has 20 heavy (non-hydrogen) atoms. The molecule has 0 saturated carbocycles. The minimum absolute atomic E-state index is 0.0146. The number of methoxy groups -OCH3 is 1. The molecule has 1 aromatic carbocycles. The number of aliphatic hydroxyl groups is 1. The maximum Gasteiger partial charge on any atom is 0.417 e. The van der Waals surface area contributed by atoms with Crippen molar-refractivity contribution in [3.8, 4) is 17.0 Å². The van der Waals surface area contributed by atoms with E-state index in [0.29, 0.717) is 17.0 Å². The predicted octanol–water partition coefficient (Wildman–Crippen LogP) is 3.27. The zero-order valence-corrected chi connectivity index (χ0v) is 10.6. The number of hydrogen-bond acceptors (Lipinski definition) is 3. The predicted molar refractivity (Wildman–Crippen MR) is 67.1 cm³/mol. The second kappa shape index (κ2) is 5.50. The van der Waals surface area contributed by atoms with Gasteiger partial charge in [-0.2, -0.15) is 13.2 Å². The van der Waals surface area contributed by atoms with Crippen LogP contribution in [0.4, 0.5) is 13.2 Å². The Kier molecular flexibility index (Phi) is 3.94. The fourth-order valence-electron chi connectivity index (χ4n) is 1.84. The Morgan fingerprint density at radius 1 is 1.20 bits per heavy atom. The summed E-state index contributed by atoms with van der Waals surface area (Å²) in [5.41, 5.74) is -0.0573. The molecule has 1 heterocycles. The number of ether oxygens (including phenoxy) is 1. The number of benzene rings is 1. The average Bonchev–Trinajstić information content (AvgIpc) is 2.45. The average molecular weight is 283 g/mol. The number of rotatable bonds is 3. The SMILES string of the molecule is COc1ccc(-c2cc(CO)ccc2C(F)(F)F)cn1. The third kappa shape index (κ3) is 2.91. The van der Waals surface area contributed by atoms with Gasteiger partial charge in [0.05, 0.1) is 19.3 Å². The number of alkyl halides is 3. The van der Waals surface area contributed by atoms with E-state index in [1.54, 1.807) is 0 Å². The summed E-state index contributed by atoms with van der Waals surface area (Å²) in [6.07, 6.45) is -3.16. The van der Waals surface area contributed by atoms with Crippen molar-refractivity contribution in [3.63, 3.8) is 0 Å². The highest BCUT2D eigenvalue weighted by Crippen LogP contribution is 2.37. The Morgan fingerprint density at radius 3 is 2.45 bits per heavy atom. The Labute approximate surface area is 113 Å². The number of pyridine rings is 1. The molecule has 0 saturated heterocycles. The fraction of sp³-hybridized carbons (Fsp3) is 0.214. The molecular formula is C14H12F3NO2. The molecule has 2 aromatic rings. The van der Waals surface area contributed by atoms with E-state index in [1.165, 1.54) is 37.6 Å². The van der Waals surface area contributed by atoms with E-state index in [0.717, 1.165) is 6.07 Å². The van der Waals surface area contributed by atoms with Gasteiger partial charge in [-0.25, -0.2) is 4.98 Å². The monoisotopic (exact) mass is 283 g/mol. The van der Waals surface area contributed by atoms with Gasteiger partial charge < -0.3 is 9.84 Å². The van der Waals surface area contributed by atoms with Gasteiger partial charge in [0.15, 0.2) is 0 Å². The van der Waals surface area contributed by atoms with Crippen molar-refractivity contribution in [2.75, 3.05) is 7.11 Å². The third-order valence-electron chi connectivity index (χ3n) is 2.83. The van der Waals surface area contributed by atoms with Gasteiger partial charge in [-0.15, -0.1) is 0 Å². The first-order valence-electron chi connectivity index (χ1n) is 5.77. The number of aromatic nitrogens is 1. The number of aliphatic hydroxyl groups excluding tert-OH is 1. The minimum atomic E-state index is -4.47. The van der Waals surface area contributed by atoms with Crippen LogP contribution < -0.4 is 4.74 Å². The molecule has 0 aliphatic heterocycles. The van der Waals surface area contributed by atoms with Crippen molar-refractivity contribution in [2.24, 2.45) is 0 Å². The molecule has 0 atom stereocenters. The van der Waals surface area contributed by atoms with Crippen LogP contribution in [0.25, 0.3) is 11.1 Å². The molecule has 106 valence electrons. The van der Waals surface area contributed by atoms with Crippen LogP contribution in [0.1, 0.15) is 11.1 Å². The fourth-order valence-corrected chi connectivity index (χ4v) is 1.84. The van der Waals surface area contributed by atoms with E-state index in [1.807, 2.05) is 0 Å². The van der Waals surface area contributed by atoms with Gasteiger partial charge in [0.1, 0.15) is 0 Å². The summed E-state index contributed by atoms with van der Waals surface area (Å²) >= 11 is 0. The quantitative estimate of drug-likeness (QED) is 0.940. The molecule has 0 aliphatic rings.